The van der Waals surface area contributed by atoms with Gasteiger partial charge in [0.1, 0.15) is 8.07 Å². The monoisotopic (exact) mass is 344 g/mol. The molecule has 2 rings (SSSR count). The quantitative estimate of drug-likeness (QED) is 0.452. The van der Waals surface area contributed by atoms with Crippen LogP contribution in [-0.4, -0.2) is 13.9 Å². The third-order valence-corrected chi connectivity index (χ3v) is 7.06. The Morgan fingerprint density at radius 3 is 2.50 bits per heavy atom. The van der Waals surface area contributed by atoms with Crippen LogP contribution in [0.2, 0.25) is 19.6 Å². The fourth-order valence-corrected chi connectivity index (χ4v) is 5.76. The van der Waals surface area contributed by atoms with Crippen molar-refractivity contribution >= 4 is 13.9 Å². The standard InChI is InChI=1S/C22H36OSi/c1-8-11-21(4)19(17(2)3)10-13-22(14-15-24(5,6)7)12-9-18(23)16-20(21)22/h16-17,19H,8-13H2,1-7H3/t19-,21-,22+/m0/s1. The summed E-state index contributed by atoms with van der Waals surface area (Å²) in [5, 5.41) is 0. The van der Waals surface area contributed by atoms with Crippen LogP contribution in [0.5, 0.6) is 0 Å². The molecule has 0 bridgehead atoms. The Balaban J connectivity index is 2.58. The van der Waals surface area contributed by atoms with E-state index in [9.17, 15) is 4.79 Å². The number of allylic oxidation sites excluding steroid dienone is 2. The van der Waals surface area contributed by atoms with E-state index in [2.05, 4.69) is 58.8 Å². The first-order chi connectivity index (χ1) is 11.0. The van der Waals surface area contributed by atoms with Gasteiger partial charge in [0.05, 0.1) is 5.41 Å². The van der Waals surface area contributed by atoms with Gasteiger partial charge < -0.3 is 0 Å². The molecule has 0 aromatic rings. The summed E-state index contributed by atoms with van der Waals surface area (Å²) in [6.45, 7) is 16.4. The molecule has 0 unspecified atom stereocenters. The molecule has 0 aromatic carbocycles. The predicted molar refractivity (Wildman–Crippen MR) is 106 cm³/mol. The van der Waals surface area contributed by atoms with Gasteiger partial charge in [-0.05, 0) is 54.6 Å². The average molecular weight is 345 g/mol. The van der Waals surface area contributed by atoms with Crippen LogP contribution in [-0.2, 0) is 4.79 Å². The highest BCUT2D eigenvalue weighted by atomic mass is 28.3. The predicted octanol–water partition coefficient (Wildman–Crippen LogP) is 6.02. The molecule has 2 aliphatic rings. The van der Waals surface area contributed by atoms with Crippen LogP contribution >= 0.6 is 0 Å². The minimum absolute atomic E-state index is 0.0243. The Labute approximate surface area is 150 Å². The lowest BCUT2D eigenvalue weighted by molar-refractivity contribution is -0.116. The van der Waals surface area contributed by atoms with Crippen LogP contribution in [0.1, 0.15) is 66.2 Å². The lowest BCUT2D eigenvalue weighted by Gasteiger charge is -2.54. The zero-order valence-electron chi connectivity index (χ0n) is 16.9. The number of fused-ring (bicyclic) bond motifs is 1. The van der Waals surface area contributed by atoms with E-state index in [0.29, 0.717) is 24.0 Å². The number of hydrogen-bond acceptors (Lipinski definition) is 1. The van der Waals surface area contributed by atoms with Gasteiger partial charge in [0, 0.05) is 6.42 Å². The minimum Gasteiger partial charge on any atom is -0.295 e. The molecule has 1 saturated carbocycles. The van der Waals surface area contributed by atoms with E-state index in [0.717, 1.165) is 12.8 Å². The Bertz CT molecular complexity index is 583. The fourth-order valence-electron chi connectivity index (χ4n) is 5.14. The first-order valence-corrected chi connectivity index (χ1v) is 13.3. The van der Waals surface area contributed by atoms with Gasteiger partial charge in [0.2, 0.25) is 0 Å². The van der Waals surface area contributed by atoms with E-state index in [1.54, 1.807) is 0 Å². The van der Waals surface area contributed by atoms with Crippen LogP contribution in [0, 0.1) is 34.1 Å². The molecule has 0 aromatic heterocycles. The number of ketones is 1. The SMILES string of the molecule is CCC[C@]1(C)C2=CC(=O)CC[C@]2(C#C[Si](C)(C)C)CC[C@H]1C(C)C. The lowest BCUT2D eigenvalue weighted by Crippen LogP contribution is -2.47. The summed E-state index contributed by atoms with van der Waals surface area (Å²) in [7, 11) is -1.42. The van der Waals surface area contributed by atoms with E-state index in [1.807, 2.05) is 6.08 Å². The van der Waals surface area contributed by atoms with Crippen molar-refractivity contribution in [1.82, 2.24) is 0 Å². The molecule has 0 aliphatic heterocycles. The van der Waals surface area contributed by atoms with Crippen LogP contribution in [0.25, 0.3) is 0 Å². The largest absolute Gasteiger partial charge is 0.295 e. The maximum atomic E-state index is 12.3. The highest BCUT2D eigenvalue weighted by molar-refractivity contribution is 6.83. The van der Waals surface area contributed by atoms with Crippen molar-refractivity contribution in [3.8, 4) is 11.5 Å². The van der Waals surface area contributed by atoms with Crippen molar-refractivity contribution in [3.05, 3.63) is 11.6 Å². The molecule has 0 radical (unpaired) electrons. The smallest absolute Gasteiger partial charge is 0.155 e. The minimum atomic E-state index is -1.42. The summed E-state index contributed by atoms with van der Waals surface area (Å²) in [4.78, 5) is 12.3. The lowest BCUT2D eigenvalue weighted by atomic mass is 9.49. The van der Waals surface area contributed by atoms with Crippen LogP contribution < -0.4 is 0 Å². The second-order valence-electron chi connectivity index (χ2n) is 9.66. The van der Waals surface area contributed by atoms with E-state index in [4.69, 9.17) is 0 Å². The number of hydrogen-bond donors (Lipinski definition) is 0. The molecule has 0 spiro atoms. The summed E-state index contributed by atoms with van der Waals surface area (Å²) in [6.07, 6.45) is 8.38. The second-order valence-corrected chi connectivity index (χ2v) is 14.4. The van der Waals surface area contributed by atoms with Crippen molar-refractivity contribution in [1.29, 1.82) is 0 Å². The Hall–Kier alpha value is -0.813. The molecule has 1 fully saturated rings. The number of rotatable bonds is 3. The molecule has 0 N–H and O–H groups in total. The van der Waals surface area contributed by atoms with E-state index >= 15 is 0 Å². The maximum Gasteiger partial charge on any atom is 0.155 e. The fraction of sp³-hybridized carbons (Fsp3) is 0.773. The molecular weight excluding hydrogens is 308 g/mol. The van der Waals surface area contributed by atoms with Gasteiger partial charge in [-0.2, -0.15) is 0 Å². The van der Waals surface area contributed by atoms with Crippen molar-refractivity contribution in [2.24, 2.45) is 22.7 Å². The van der Waals surface area contributed by atoms with Gasteiger partial charge in [0.15, 0.2) is 5.78 Å². The summed E-state index contributed by atoms with van der Waals surface area (Å²) in [6, 6.07) is 0. The molecule has 134 valence electrons. The zero-order chi connectivity index (χ0) is 18.2. The number of carbonyl (C=O) groups is 1. The molecule has 2 aliphatic carbocycles. The van der Waals surface area contributed by atoms with Crippen molar-refractivity contribution in [3.63, 3.8) is 0 Å². The third-order valence-electron chi connectivity index (χ3n) is 6.19. The topological polar surface area (TPSA) is 17.1 Å². The molecular formula is C22H36OSi. The molecule has 0 amide bonds. The van der Waals surface area contributed by atoms with Crippen molar-refractivity contribution in [2.75, 3.05) is 0 Å². The summed E-state index contributed by atoms with van der Waals surface area (Å²) >= 11 is 0. The third kappa shape index (κ3) is 3.72. The summed E-state index contributed by atoms with van der Waals surface area (Å²) in [5.74, 6) is 5.40. The van der Waals surface area contributed by atoms with Gasteiger partial charge >= 0.3 is 0 Å². The molecule has 24 heavy (non-hydrogen) atoms. The van der Waals surface area contributed by atoms with Crippen molar-refractivity contribution < 1.29 is 4.79 Å². The first kappa shape index (κ1) is 19.5. The van der Waals surface area contributed by atoms with Gasteiger partial charge in [-0.25, -0.2) is 0 Å². The Morgan fingerprint density at radius 1 is 1.29 bits per heavy atom. The van der Waals surface area contributed by atoms with Crippen LogP contribution in [0.4, 0.5) is 0 Å². The molecule has 2 heteroatoms. The van der Waals surface area contributed by atoms with Gasteiger partial charge in [0.25, 0.3) is 0 Å². The first-order valence-electron chi connectivity index (χ1n) is 9.84. The van der Waals surface area contributed by atoms with Gasteiger partial charge in [-0.3, -0.25) is 4.79 Å². The van der Waals surface area contributed by atoms with Gasteiger partial charge in [-0.15, -0.1) is 5.54 Å². The average Bonchev–Trinajstić information content (AvgIpc) is 2.46. The van der Waals surface area contributed by atoms with E-state index in [1.165, 1.54) is 24.8 Å². The second kappa shape index (κ2) is 6.83. The summed E-state index contributed by atoms with van der Waals surface area (Å²) in [5.41, 5.74) is 5.16. The maximum absolute atomic E-state index is 12.3. The van der Waals surface area contributed by atoms with Crippen molar-refractivity contribution in [2.45, 2.75) is 85.9 Å². The van der Waals surface area contributed by atoms with E-state index < -0.39 is 8.07 Å². The molecule has 1 nitrogen and oxygen atoms in total. The van der Waals surface area contributed by atoms with Gasteiger partial charge in [-0.1, -0.05) is 59.7 Å². The van der Waals surface area contributed by atoms with Crippen LogP contribution in [0.3, 0.4) is 0 Å². The highest BCUT2D eigenvalue weighted by Gasteiger charge is 2.52. The Kier molecular flexibility index (Phi) is 5.55. The van der Waals surface area contributed by atoms with E-state index in [-0.39, 0.29) is 10.8 Å². The molecule has 0 heterocycles. The van der Waals surface area contributed by atoms with Crippen LogP contribution in [0.15, 0.2) is 11.6 Å². The zero-order valence-corrected chi connectivity index (χ0v) is 17.9. The normalized spacial score (nSPS) is 33.6. The Morgan fingerprint density at radius 2 is 1.96 bits per heavy atom. The molecule has 3 atom stereocenters. The summed E-state index contributed by atoms with van der Waals surface area (Å²) < 4.78 is 0. The highest BCUT2D eigenvalue weighted by Crippen LogP contribution is 2.60. The molecule has 0 saturated heterocycles. The number of carbonyl (C=O) groups excluding carboxylic acids is 1.